The molecule has 0 unspecified atom stereocenters. The van der Waals surface area contributed by atoms with Crippen LogP contribution in [-0.2, 0) is 13.1 Å². The Kier molecular flexibility index (Phi) is 4.41. The van der Waals surface area contributed by atoms with E-state index in [9.17, 15) is 9.18 Å². The molecule has 0 spiro atoms. The second kappa shape index (κ2) is 6.66. The van der Waals surface area contributed by atoms with Gasteiger partial charge in [-0.15, -0.1) is 0 Å². The lowest BCUT2D eigenvalue weighted by molar-refractivity contribution is 0.0942. The van der Waals surface area contributed by atoms with E-state index in [2.05, 4.69) is 15.6 Å². The molecule has 1 aromatic carbocycles. The minimum atomic E-state index is -0.337. The maximum absolute atomic E-state index is 12.9. The van der Waals surface area contributed by atoms with Crippen molar-refractivity contribution >= 4 is 5.91 Å². The third kappa shape index (κ3) is 3.34. The maximum atomic E-state index is 12.9. The molecule has 2 heterocycles. The van der Waals surface area contributed by atoms with Gasteiger partial charge in [0.2, 0.25) is 0 Å². The number of halogens is 1. The molecular formula is C17H17FN4O2. The fourth-order valence-electron chi connectivity index (χ4n) is 2.29. The van der Waals surface area contributed by atoms with Gasteiger partial charge in [-0.3, -0.25) is 9.48 Å². The summed E-state index contributed by atoms with van der Waals surface area (Å²) in [5.74, 6) is -0.259. The van der Waals surface area contributed by atoms with E-state index < -0.39 is 0 Å². The quantitative estimate of drug-likeness (QED) is 0.781. The molecule has 0 aliphatic heterocycles. The van der Waals surface area contributed by atoms with Crippen LogP contribution in [0.15, 0.2) is 41.1 Å². The van der Waals surface area contributed by atoms with Gasteiger partial charge in [-0.2, -0.15) is 5.10 Å². The highest BCUT2D eigenvalue weighted by Crippen LogP contribution is 2.20. The summed E-state index contributed by atoms with van der Waals surface area (Å²) < 4.78 is 19.9. The number of amides is 1. The molecule has 24 heavy (non-hydrogen) atoms. The van der Waals surface area contributed by atoms with Crippen molar-refractivity contribution in [2.45, 2.75) is 26.9 Å². The predicted octanol–water partition coefficient (Wildman–Crippen LogP) is 2.94. The molecule has 0 atom stereocenters. The summed E-state index contributed by atoms with van der Waals surface area (Å²) in [6, 6.07) is 7.32. The molecule has 6 nitrogen and oxygen atoms in total. The molecule has 0 saturated carbocycles. The maximum Gasteiger partial charge on any atom is 0.273 e. The first kappa shape index (κ1) is 15.9. The minimum absolute atomic E-state index is 0.176. The smallest absolute Gasteiger partial charge is 0.273 e. The number of aryl methyl sites for hydroxylation is 2. The molecule has 0 saturated heterocycles. The topological polar surface area (TPSA) is 73.0 Å². The number of rotatable bonds is 5. The van der Waals surface area contributed by atoms with Gasteiger partial charge in [-0.1, -0.05) is 5.16 Å². The van der Waals surface area contributed by atoms with Gasteiger partial charge < -0.3 is 9.84 Å². The van der Waals surface area contributed by atoms with Crippen LogP contribution >= 0.6 is 0 Å². The second-order valence-electron chi connectivity index (χ2n) is 5.36. The fraction of sp³-hybridized carbons (Fsp3) is 0.235. The first-order valence-corrected chi connectivity index (χ1v) is 7.60. The Balaban J connectivity index is 1.67. The summed E-state index contributed by atoms with van der Waals surface area (Å²) in [5, 5.41) is 10.9. The molecule has 0 bridgehead atoms. The number of hydrogen-bond acceptors (Lipinski definition) is 4. The molecule has 2 aromatic heterocycles. The van der Waals surface area contributed by atoms with E-state index in [1.807, 2.05) is 24.7 Å². The molecule has 0 radical (unpaired) electrons. The van der Waals surface area contributed by atoms with Crippen molar-refractivity contribution in [2.24, 2.45) is 0 Å². The summed E-state index contributed by atoms with van der Waals surface area (Å²) in [4.78, 5) is 12.2. The van der Waals surface area contributed by atoms with Crippen LogP contribution in [0.1, 0.15) is 28.7 Å². The third-order valence-corrected chi connectivity index (χ3v) is 3.68. The number of nitrogens with one attached hydrogen (secondary N) is 1. The van der Waals surface area contributed by atoms with Gasteiger partial charge in [0.05, 0.1) is 5.69 Å². The normalized spacial score (nSPS) is 10.8. The Bertz CT molecular complexity index is 852. The highest BCUT2D eigenvalue weighted by Gasteiger charge is 2.14. The first-order chi connectivity index (χ1) is 11.6. The summed E-state index contributed by atoms with van der Waals surface area (Å²) in [6.45, 7) is 5.04. The van der Waals surface area contributed by atoms with Crippen molar-refractivity contribution in [3.8, 4) is 11.3 Å². The molecule has 0 aliphatic rings. The van der Waals surface area contributed by atoms with E-state index in [0.717, 1.165) is 17.8 Å². The van der Waals surface area contributed by atoms with E-state index in [0.29, 0.717) is 17.9 Å². The average molecular weight is 328 g/mol. The fourth-order valence-corrected chi connectivity index (χ4v) is 2.29. The molecule has 0 aliphatic carbocycles. The Morgan fingerprint density at radius 2 is 2.08 bits per heavy atom. The Labute approximate surface area is 138 Å². The van der Waals surface area contributed by atoms with Crippen molar-refractivity contribution < 1.29 is 13.7 Å². The van der Waals surface area contributed by atoms with Crippen molar-refractivity contribution in [2.75, 3.05) is 0 Å². The molecule has 3 aromatic rings. The van der Waals surface area contributed by atoms with Crippen LogP contribution in [-0.4, -0.2) is 20.8 Å². The van der Waals surface area contributed by atoms with Crippen LogP contribution in [0.25, 0.3) is 11.3 Å². The van der Waals surface area contributed by atoms with Crippen molar-refractivity contribution in [3.63, 3.8) is 0 Å². The number of benzene rings is 1. The summed E-state index contributed by atoms with van der Waals surface area (Å²) in [6.07, 6.45) is 1.91. The highest BCUT2D eigenvalue weighted by atomic mass is 19.1. The molecule has 0 fully saturated rings. The van der Waals surface area contributed by atoms with Crippen LogP contribution in [0.4, 0.5) is 4.39 Å². The van der Waals surface area contributed by atoms with Gasteiger partial charge in [0.1, 0.15) is 5.82 Å². The average Bonchev–Trinajstić information content (AvgIpc) is 3.20. The lowest BCUT2D eigenvalue weighted by Crippen LogP contribution is -2.23. The van der Waals surface area contributed by atoms with E-state index in [1.165, 1.54) is 18.2 Å². The van der Waals surface area contributed by atoms with Crippen molar-refractivity contribution in [3.05, 3.63) is 59.3 Å². The first-order valence-electron chi connectivity index (χ1n) is 7.60. The van der Waals surface area contributed by atoms with Gasteiger partial charge in [-0.25, -0.2) is 4.39 Å². The Morgan fingerprint density at radius 3 is 2.75 bits per heavy atom. The van der Waals surface area contributed by atoms with Gasteiger partial charge >= 0.3 is 0 Å². The van der Waals surface area contributed by atoms with Crippen LogP contribution in [0.5, 0.6) is 0 Å². The van der Waals surface area contributed by atoms with Gasteiger partial charge in [-0.05, 0) is 38.1 Å². The van der Waals surface area contributed by atoms with E-state index in [4.69, 9.17) is 4.52 Å². The Hall–Kier alpha value is -2.96. The Morgan fingerprint density at radius 1 is 1.33 bits per heavy atom. The molecule has 1 amide bonds. The molecular weight excluding hydrogens is 311 g/mol. The molecule has 3 rings (SSSR count). The van der Waals surface area contributed by atoms with E-state index in [-0.39, 0.29) is 17.4 Å². The SMILES string of the molecule is CCn1cc(CNC(=O)c2cc(-c3ccc(F)cc3)on2)c(C)n1. The van der Waals surface area contributed by atoms with Gasteiger partial charge in [0.15, 0.2) is 11.5 Å². The minimum Gasteiger partial charge on any atom is -0.355 e. The number of carbonyl (C=O) groups is 1. The zero-order valence-corrected chi connectivity index (χ0v) is 13.4. The summed E-state index contributed by atoms with van der Waals surface area (Å²) in [7, 11) is 0. The largest absolute Gasteiger partial charge is 0.355 e. The van der Waals surface area contributed by atoms with E-state index >= 15 is 0 Å². The van der Waals surface area contributed by atoms with Gasteiger partial charge in [0, 0.05) is 36.5 Å². The number of nitrogens with zero attached hydrogens (tertiary/aromatic N) is 3. The lowest BCUT2D eigenvalue weighted by Gasteiger charge is -2.00. The van der Waals surface area contributed by atoms with Gasteiger partial charge in [0.25, 0.3) is 5.91 Å². The monoisotopic (exact) mass is 328 g/mol. The van der Waals surface area contributed by atoms with Crippen LogP contribution in [0, 0.1) is 12.7 Å². The summed E-state index contributed by atoms with van der Waals surface area (Å²) in [5.41, 5.74) is 2.66. The zero-order valence-electron chi connectivity index (χ0n) is 13.4. The van der Waals surface area contributed by atoms with Crippen molar-refractivity contribution in [1.82, 2.24) is 20.3 Å². The highest BCUT2D eigenvalue weighted by molar-refractivity contribution is 5.93. The molecule has 7 heteroatoms. The molecule has 1 N–H and O–H groups in total. The van der Waals surface area contributed by atoms with Crippen LogP contribution in [0.2, 0.25) is 0 Å². The number of hydrogen-bond donors (Lipinski definition) is 1. The summed E-state index contributed by atoms with van der Waals surface area (Å²) >= 11 is 0. The third-order valence-electron chi connectivity index (χ3n) is 3.68. The van der Waals surface area contributed by atoms with Crippen LogP contribution in [0.3, 0.4) is 0 Å². The second-order valence-corrected chi connectivity index (χ2v) is 5.36. The standard InChI is InChI=1S/C17H17FN4O2/c1-3-22-10-13(11(2)20-22)9-19-17(23)15-8-16(24-21-15)12-4-6-14(18)7-5-12/h4-8,10H,3,9H2,1-2H3,(H,19,23). The number of aromatic nitrogens is 3. The van der Waals surface area contributed by atoms with E-state index in [1.54, 1.807) is 12.1 Å². The van der Waals surface area contributed by atoms with Crippen LogP contribution < -0.4 is 5.32 Å². The lowest BCUT2D eigenvalue weighted by atomic mass is 10.1. The zero-order chi connectivity index (χ0) is 17.1. The van der Waals surface area contributed by atoms with Crippen molar-refractivity contribution in [1.29, 1.82) is 0 Å². The predicted molar refractivity (Wildman–Crippen MR) is 85.7 cm³/mol. The molecule has 124 valence electrons. The number of carbonyl (C=O) groups excluding carboxylic acids is 1.